The molecule has 0 aliphatic heterocycles. The largest absolute Gasteiger partial charge is 0.462 e. The fourth-order valence-corrected chi connectivity index (χ4v) is 1.38. The van der Waals surface area contributed by atoms with Crippen molar-refractivity contribution in [1.29, 1.82) is 5.26 Å². The molecule has 0 aliphatic rings. The molecule has 0 aromatic heterocycles. The Morgan fingerprint density at radius 1 is 1.53 bits per heavy atom. The fraction of sp³-hybridized carbons (Fsp3) is 0.250. The molecule has 0 amide bonds. The molecule has 100 valence electrons. The van der Waals surface area contributed by atoms with Crippen LogP contribution in [0.5, 0.6) is 5.75 Å². The minimum absolute atomic E-state index is 0.0140. The number of ether oxygens (including phenoxy) is 2. The van der Waals surface area contributed by atoms with E-state index in [4.69, 9.17) is 5.26 Å². The van der Waals surface area contributed by atoms with Gasteiger partial charge in [-0.25, -0.2) is 4.79 Å². The summed E-state index contributed by atoms with van der Waals surface area (Å²) in [5.41, 5.74) is -0.738. The summed E-state index contributed by atoms with van der Waals surface area (Å²) in [6.07, 6.45) is 0.223. The van der Waals surface area contributed by atoms with Crippen LogP contribution in [0.15, 0.2) is 12.1 Å². The van der Waals surface area contributed by atoms with Crippen LogP contribution in [0.1, 0.15) is 33.2 Å². The first-order valence-electron chi connectivity index (χ1n) is 5.18. The Labute approximate surface area is 107 Å². The number of carbonyl (C=O) groups is 2. The first kappa shape index (κ1) is 14.6. The number of hydrogen-bond acceptors (Lipinski definition) is 5. The maximum atomic E-state index is 12.3. The molecule has 0 fully saturated rings. The average molecular weight is 269 g/mol. The maximum absolute atomic E-state index is 12.3. The van der Waals surface area contributed by atoms with Crippen LogP contribution in [0.25, 0.3) is 0 Å². The predicted molar refractivity (Wildman–Crippen MR) is 59.1 cm³/mol. The minimum Gasteiger partial charge on any atom is -0.462 e. The maximum Gasteiger partial charge on any atom is 0.387 e. The average Bonchev–Trinajstić information content (AvgIpc) is 2.38. The molecule has 0 unspecified atom stereocenters. The second kappa shape index (κ2) is 6.44. The highest BCUT2D eigenvalue weighted by atomic mass is 19.3. The highest BCUT2D eigenvalue weighted by Crippen LogP contribution is 2.27. The Kier molecular flexibility index (Phi) is 4.94. The molecule has 0 heterocycles. The van der Waals surface area contributed by atoms with Crippen molar-refractivity contribution in [3.8, 4) is 11.8 Å². The molecule has 0 radical (unpaired) electrons. The molecule has 0 saturated heterocycles. The van der Waals surface area contributed by atoms with E-state index in [0.29, 0.717) is 0 Å². The topological polar surface area (TPSA) is 76.4 Å². The molecule has 0 saturated carbocycles. The van der Waals surface area contributed by atoms with Gasteiger partial charge in [-0.1, -0.05) is 0 Å². The third kappa shape index (κ3) is 3.48. The number of alkyl halides is 2. The Bertz CT molecular complexity index is 537. The Balaban J connectivity index is 3.41. The van der Waals surface area contributed by atoms with Crippen LogP contribution < -0.4 is 4.74 Å². The first-order valence-corrected chi connectivity index (χ1v) is 5.18. The van der Waals surface area contributed by atoms with Gasteiger partial charge >= 0.3 is 12.6 Å². The zero-order chi connectivity index (χ0) is 14.4. The van der Waals surface area contributed by atoms with E-state index in [2.05, 4.69) is 9.47 Å². The van der Waals surface area contributed by atoms with Crippen molar-refractivity contribution in [2.75, 3.05) is 6.61 Å². The van der Waals surface area contributed by atoms with Crippen molar-refractivity contribution in [1.82, 2.24) is 0 Å². The lowest BCUT2D eigenvalue weighted by Gasteiger charge is -2.12. The number of halogens is 2. The monoisotopic (exact) mass is 269 g/mol. The van der Waals surface area contributed by atoms with Crippen LogP contribution in [0.3, 0.4) is 0 Å². The molecular weight excluding hydrogens is 260 g/mol. The lowest BCUT2D eigenvalue weighted by Crippen LogP contribution is -2.13. The zero-order valence-corrected chi connectivity index (χ0v) is 9.85. The normalized spacial score (nSPS) is 9.84. The second-order valence-electron chi connectivity index (χ2n) is 3.27. The summed E-state index contributed by atoms with van der Waals surface area (Å²) >= 11 is 0. The van der Waals surface area contributed by atoms with E-state index in [1.165, 1.54) is 6.92 Å². The van der Waals surface area contributed by atoms with Crippen molar-refractivity contribution in [3.63, 3.8) is 0 Å². The lowest BCUT2D eigenvalue weighted by molar-refractivity contribution is -0.0506. The molecule has 0 N–H and O–H groups in total. The van der Waals surface area contributed by atoms with E-state index in [0.717, 1.165) is 12.1 Å². The van der Waals surface area contributed by atoms with Gasteiger partial charge in [0.05, 0.1) is 23.8 Å². The highest BCUT2D eigenvalue weighted by Gasteiger charge is 2.22. The van der Waals surface area contributed by atoms with Crippen molar-refractivity contribution >= 4 is 12.3 Å². The van der Waals surface area contributed by atoms with Gasteiger partial charge in [0, 0.05) is 0 Å². The SMILES string of the molecule is CCOC(=O)c1cc(C#N)cc(C=O)c1OC(F)F. The molecule has 7 heteroatoms. The summed E-state index contributed by atoms with van der Waals surface area (Å²) in [5.74, 6) is -1.54. The van der Waals surface area contributed by atoms with E-state index >= 15 is 0 Å². The van der Waals surface area contributed by atoms with Gasteiger partial charge in [0.15, 0.2) is 12.0 Å². The summed E-state index contributed by atoms with van der Waals surface area (Å²) in [6.45, 7) is -1.67. The minimum atomic E-state index is -3.21. The van der Waals surface area contributed by atoms with Crippen LogP contribution in [0.2, 0.25) is 0 Å². The third-order valence-electron chi connectivity index (χ3n) is 2.08. The quantitative estimate of drug-likeness (QED) is 0.604. The standard InChI is InChI=1S/C12H9F2NO4/c1-2-18-11(17)9-4-7(5-15)3-8(6-16)10(9)19-12(13)14/h3-4,6,12H,2H2,1H3. The van der Waals surface area contributed by atoms with Crippen LogP contribution in [-0.4, -0.2) is 25.5 Å². The molecule has 0 aliphatic carbocycles. The molecule has 5 nitrogen and oxygen atoms in total. The van der Waals surface area contributed by atoms with Gasteiger partial charge in [0.25, 0.3) is 0 Å². The number of nitrogens with zero attached hydrogens (tertiary/aromatic N) is 1. The Morgan fingerprint density at radius 3 is 2.68 bits per heavy atom. The number of nitriles is 1. The summed E-state index contributed by atoms with van der Waals surface area (Å²) < 4.78 is 33.4. The third-order valence-corrected chi connectivity index (χ3v) is 2.08. The Morgan fingerprint density at radius 2 is 2.21 bits per heavy atom. The van der Waals surface area contributed by atoms with Crippen LogP contribution in [-0.2, 0) is 4.74 Å². The molecule has 0 spiro atoms. The van der Waals surface area contributed by atoms with Gasteiger partial charge in [0.2, 0.25) is 0 Å². The van der Waals surface area contributed by atoms with E-state index < -0.39 is 18.3 Å². The van der Waals surface area contributed by atoms with Gasteiger partial charge in [0.1, 0.15) is 5.56 Å². The fourth-order valence-electron chi connectivity index (χ4n) is 1.38. The number of carbonyl (C=O) groups excluding carboxylic acids is 2. The highest BCUT2D eigenvalue weighted by molar-refractivity contribution is 5.97. The van der Waals surface area contributed by atoms with Crippen molar-refractivity contribution in [3.05, 3.63) is 28.8 Å². The second-order valence-corrected chi connectivity index (χ2v) is 3.27. The summed E-state index contributed by atoms with van der Waals surface area (Å²) in [7, 11) is 0. The first-order chi connectivity index (χ1) is 9.03. The predicted octanol–water partition coefficient (Wildman–Crippen LogP) is 2.15. The van der Waals surface area contributed by atoms with Gasteiger partial charge in [-0.15, -0.1) is 0 Å². The van der Waals surface area contributed by atoms with E-state index in [1.54, 1.807) is 6.07 Å². The van der Waals surface area contributed by atoms with Crippen LogP contribution in [0, 0.1) is 11.3 Å². The molecular formula is C12H9F2NO4. The number of esters is 1. The van der Waals surface area contributed by atoms with Crippen molar-refractivity contribution in [2.24, 2.45) is 0 Å². The summed E-state index contributed by atoms with van der Waals surface area (Å²) in [5, 5.41) is 8.76. The van der Waals surface area contributed by atoms with Crippen molar-refractivity contribution < 1.29 is 27.8 Å². The molecule has 19 heavy (non-hydrogen) atoms. The van der Waals surface area contributed by atoms with E-state index in [1.807, 2.05) is 0 Å². The van der Waals surface area contributed by atoms with Crippen LogP contribution in [0.4, 0.5) is 8.78 Å². The number of benzene rings is 1. The number of rotatable bonds is 5. The Hall–Kier alpha value is -2.49. The van der Waals surface area contributed by atoms with Gasteiger partial charge in [-0.05, 0) is 19.1 Å². The molecule has 1 aromatic carbocycles. The number of aldehydes is 1. The van der Waals surface area contributed by atoms with Gasteiger partial charge < -0.3 is 9.47 Å². The van der Waals surface area contributed by atoms with Gasteiger partial charge in [-0.3, -0.25) is 4.79 Å². The lowest BCUT2D eigenvalue weighted by atomic mass is 10.1. The molecule has 1 aromatic rings. The van der Waals surface area contributed by atoms with Gasteiger partial charge in [-0.2, -0.15) is 14.0 Å². The van der Waals surface area contributed by atoms with E-state index in [9.17, 15) is 18.4 Å². The summed E-state index contributed by atoms with van der Waals surface area (Å²) in [6, 6.07) is 3.79. The summed E-state index contributed by atoms with van der Waals surface area (Å²) in [4.78, 5) is 22.4. The van der Waals surface area contributed by atoms with E-state index in [-0.39, 0.29) is 29.6 Å². The molecule has 0 bridgehead atoms. The van der Waals surface area contributed by atoms with Crippen molar-refractivity contribution in [2.45, 2.75) is 13.5 Å². The molecule has 1 rings (SSSR count). The number of hydrogen-bond donors (Lipinski definition) is 0. The van der Waals surface area contributed by atoms with Crippen LogP contribution >= 0.6 is 0 Å². The smallest absolute Gasteiger partial charge is 0.387 e. The zero-order valence-electron chi connectivity index (χ0n) is 9.85. The molecule has 0 atom stereocenters.